The third-order valence-corrected chi connectivity index (χ3v) is 4.03. The number of carbonyl (C=O) groups is 1. The van der Waals surface area contributed by atoms with Crippen LogP contribution in [0.2, 0.25) is 5.02 Å². The molecule has 104 valence electrons. The summed E-state index contributed by atoms with van der Waals surface area (Å²) in [4.78, 5) is 13.5. The maximum absolute atomic E-state index is 11.2. The summed E-state index contributed by atoms with van der Waals surface area (Å²) in [6.45, 7) is 3.97. The van der Waals surface area contributed by atoms with Crippen LogP contribution in [0.25, 0.3) is 0 Å². The smallest absolute Gasteiger partial charge is 0.305 e. The molecule has 0 bridgehead atoms. The van der Waals surface area contributed by atoms with Gasteiger partial charge in [0.25, 0.3) is 0 Å². The van der Waals surface area contributed by atoms with Gasteiger partial charge < -0.3 is 5.11 Å². The van der Waals surface area contributed by atoms with E-state index in [0.29, 0.717) is 5.02 Å². The highest BCUT2D eigenvalue weighted by Gasteiger charge is 2.25. The average Bonchev–Trinajstić information content (AvgIpc) is 2.37. The van der Waals surface area contributed by atoms with E-state index >= 15 is 0 Å². The Labute approximate surface area is 119 Å². The molecule has 1 atom stereocenters. The van der Waals surface area contributed by atoms with Gasteiger partial charge in [-0.25, -0.2) is 0 Å². The quantitative estimate of drug-likeness (QED) is 0.916. The molecule has 3 nitrogen and oxygen atoms in total. The van der Waals surface area contributed by atoms with Crippen molar-refractivity contribution < 1.29 is 9.90 Å². The predicted molar refractivity (Wildman–Crippen MR) is 76.6 cm³/mol. The van der Waals surface area contributed by atoms with Crippen molar-refractivity contribution >= 4 is 17.6 Å². The van der Waals surface area contributed by atoms with Gasteiger partial charge >= 0.3 is 5.97 Å². The van der Waals surface area contributed by atoms with Gasteiger partial charge in [0.1, 0.15) is 0 Å². The van der Waals surface area contributed by atoms with Gasteiger partial charge in [-0.05, 0) is 56.1 Å². The van der Waals surface area contributed by atoms with Crippen LogP contribution in [0.5, 0.6) is 0 Å². The van der Waals surface area contributed by atoms with Crippen molar-refractivity contribution in [3.8, 4) is 0 Å². The molecule has 1 aliphatic rings. The van der Waals surface area contributed by atoms with Gasteiger partial charge in [0, 0.05) is 11.1 Å². The summed E-state index contributed by atoms with van der Waals surface area (Å²) in [5.41, 5.74) is 2.16. The summed E-state index contributed by atoms with van der Waals surface area (Å²) in [6, 6.07) is 5.70. The number of benzene rings is 1. The number of carboxylic acids is 1. The molecule has 1 unspecified atom stereocenters. The number of piperidine rings is 1. The van der Waals surface area contributed by atoms with Crippen molar-refractivity contribution in [2.75, 3.05) is 13.1 Å². The summed E-state index contributed by atoms with van der Waals surface area (Å²) in [5, 5.41) is 9.87. The Morgan fingerprint density at radius 1 is 1.37 bits per heavy atom. The summed E-state index contributed by atoms with van der Waals surface area (Å²) < 4.78 is 0. The number of aliphatic carboxylic acids is 1. The minimum Gasteiger partial charge on any atom is -0.481 e. The van der Waals surface area contributed by atoms with Crippen LogP contribution >= 0.6 is 11.6 Å². The number of hydrogen-bond acceptors (Lipinski definition) is 2. The zero-order valence-electron chi connectivity index (χ0n) is 11.2. The third-order valence-electron chi connectivity index (χ3n) is 3.79. The van der Waals surface area contributed by atoms with E-state index in [-0.39, 0.29) is 12.5 Å². The van der Waals surface area contributed by atoms with E-state index in [4.69, 9.17) is 16.7 Å². The molecule has 1 fully saturated rings. The molecule has 1 aromatic carbocycles. The lowest BCUT2D eigenvalue weighted by molar-refractivity contribution is -0.138. The van der Waals surface area contributed by atoms with Crippen LogP contribution in [0.4, 0.5) is 0 Å². The molecule has 4 heteroatoms. The first kappa shape index (κ1) is 14.4. The summed E-state index contributed by atoms with van der Waals surface area (Å²) >= 11 is 5.98. The number of rotatable bonds is 4. The second kappa shape index (κ2) is 6.40. The largest absolute Gasteiger partial charge is 0.481 e. The zero-order chi connectivity index (χ0) is 13.8. The van der Waals surface area contributed by atoms with Crippen LogP contribution < -0.4 is 0 Å². The minimum absolute atomic E-state index is 0.0323. The number of halogens is 1. The Morgan fingerprint density at radius 3 is 2.63 bits per heavy atom. The molecule has 2 rings (SSSR count). The highest BCUT2D eigenvalue weighted by atomic mass is 35.5. The fourth-order valence-electron chi connectivity index (χ4n) is 2.84. The van der Waals surface area contributed by atoms with Crippen LogP contribution in [-0.2, 0) is 4.79 Å². The number of hydrogen-bond donors (Lipinski definition) is 1. The summed E-state index contributed by atoms with van der Waals surface area (Å²) in [6.07, 6.45) is 3.71. The van der Waals surface area contributed by atoms with E-state index in [9.17, 15) is 4.79 Å². The minimum atomic E-state index is -0.745. The predicted octanol–water partition coefficient (Wildman–Crippen LogP) is 3.65. The van der Waals surface area contributed by atoms with Crippen LogP contribution in [0, 0.1) is 6.92 Å². The Balaban J connectivity index is 2.27. The summed E-state index contributed by atoms with van der Waals surface area (Å²) in [7, 11) is 0. The van der Waals surface area contributed by atoms with Crippen molar-refractivity contribution in [3.63, 3.8) is 0 Å². The highest BCUT2D eigenvalue weighted by molar-refractivity contribution is 6.30. The van der Waals surface area contributed by atoms with E-state index in [0.717, 1.165) is 37.1 Å². The van der Waals surface area contributed by atoms with Gasteiger partial charge in [-0.1, -0.05) is 24.1 Å². The number of likely N-dealkylation sites (tertiary alicyclic amines) is 1. The van der Waals surface area contributed by atoms with E-state index in [1.165, 1.54) is 6.42 Å². The van der Waals surface area contributed by atoms with Gasteiger partial charge in [-0.3, -0.25) is 9.69 Å². The molecule has 1 heterocycles. The van der Waals surface area contributed by atoms with Gasteiger partial charge in [-0.2, -0.15) is 0 Å². The standard InChI is InChI=1S/C15H20ClNO2/c1-11-9-12(16)5-6-13(11)14(10-15(18)19)17-7-3-2-4-8-17/h5-6,9,14H,2-4,7-8,10H2,1H3,(H,18,19). The van der Waals surface area contributed by atoms with Crippen LogP contribution in [0.1, 0.15) is 42.9 Å². The lowest BCUT2D eigenvalue weighted by atomic mass is 9.95. The van der Waals surface area contributed by atoms with Gasteiger partial charge in [0.05, 0.1) is 6.42 Å². The SMILES string of the molecule is Cc1cc(Cl)ccc1C(CC(=O)O)N1CCCCC1. The van der Waals surface area contributed by atoms with E-state index in [2.05, 4.69) is 4.90 Å². The number of nitrogens with zero attached hydrogens (tertiary/aromatic N) is 1. The molecule has 0 spiro atoms. The molecule has 1 aromatic rings. The fraction of sp³-hybridized carbons (Fsp3) is 0.533. The highest BCUT2D eigenvalue weighted by Crippen LogP contribution is 2.31. The third kappa shape index (κ3) is 3.71. The molecule has 1 aliphatic heterocycles. The van der Waals surface area contributed by atoms with Crippen molar-refractivity contribution in [2.45, 2.75) is 38.6 Å². The molecule has 0 aromatic heterocycles. The monoisotopic (exact) mass is 281 g/mol. The summed E-state index contributed by atoms with van der Waals surface area (Å²) in [5.74, 6) is -0.745. The first-order valence-electron chi connectivity index (χ1n) is 6.80. The van der Waals surface area contributed by atoms with Gasteiger partial charge in [0.15, 0.2) is 0 Å². The maximum atomic E-state index is 11.2. The molecule has 19 heavy (non-hydrogen) atoms. The molecule has 1 N–H and O–H groups in total. The molecule has 0 saturated carbocycles. The van der Waals surface area contributed by atoms with Crippen LogP contribution in [0.15, 0.2) is 18.2 Å². The van der Waals surface area contributed by atoms with Crippen LogP contribution in [-0.4, -0.2) is 29.1 Å². The Hall–Kier alpha value is -1.06. The first-order chi connectivity index (χ1) is 9.08. The lowest BCUT2D eigenvalue weighted by Crippen LogP contribution is -2.35. The van der Waals surface area contributed by atoms with Crippen molar-refractivity contribution in [3.05, 3.63) is 34.3 Å². The van der Waals surface area contributed by atoms with E-state index < -0.39 is 5.97 Å². The van der Waals surface area contributed by atoms with Crippen molar-refractivity contribution in [1.82, 2.24) is 4.90 Å². The Bertz CT molecular complexity index is 455. The van der Waals surface area contributed by atoms with Gasteiger partial charge in [0.2, 0.25) is 0 Å². The van der Waals surface area contributed by atoms with Gasteiger partial charge in [-0.15, -0.1) is 0 Å². The molecular weight excluding hydrogens is 262 g/mol. The average molecular weight is 282 g/mol. The second-order valence-corrected chi connectivity index (χ2v) is 5.65. The Kier molecular flexibility index (Phi) is 4.83. The Morgan fingerprint density at radius 2 is 2.05 bits per heavy atom. The van der Waals surface area contributed by atoms with E-state index in [1.807, 2.05) is 25.1 Å². The van der Waals surface area contributed by atoms with Crippen molar-refractivity contribution in [2.24, 2.45) is 0 Å². The van der Waals surface area contributed by atoms with E-state index in [1.54, 1.807) is 0 Å². The normalized spacial score (nSPS) is 18.2. The number of aryl methyl sites for hydroxylation is 1. The molecular formula is C15H20ClNO2. The second-order valence-electron chi connectivity index (χ2n) is 5.21. The maximum Gasteiger partial charge on any atom is 0.305 e. The topological polar surface area (TPSA) is 40.5 Å². The lowest BCUT2D eigenvalue weighted by Gasteiger charge is -2.34. The molecule has 0 radical (unpaired) electrons. The molecule has 0 amide bonds. The zero-order valence-corrected chi connectivity index (χ0v) is 12.0. The first-order valence-corrected chi connectivity index (χ1v) is 7.17. The van der Waals surface area contributed by atoms with Crippen molar-refractivity contribution in [1.29, 1.82) is 0 Å². The number of carboxylic acid groups (broad SMARTS) is 1. The molecule has 0 aliphatic carbocycles. The van der Waals surface area contributed by atoms with Crippen LogP contribution in [0.3, 0.4) is 0 Å². The fourth-order valence-corrected chi connectivity index (χ4v) is 3.07. The molecule has 1 saturated heterocycles.